The van der Waals surface area contributed by atoms with Gasteiger partial charge in [-0.1, -0.05) is 11.2 Å². The maximum atomic E-state index is 4.16. The fourth-order valence-corrected chi connectivity index (χ4v) is 1.04. The normalized spacial score (nSPS) is 10.4. The summed E-state index contributed by atoms with van der Waals surface area (Å²) in [5.41, 5.74) is 0. The fraction of sp³-hybridized carbons (Fsp3) is 0.286. The molecule has 14 heavy (non-hydrogen) atoms. The van der Waals surface area contributed by atoms with Crippen LogP contribution in [0, 0.1) is 6.92 Å². The van der Waals surface area contributed by atoms with E-state index in [2.05, 4.69) is 37.4 Å². The van der Waals surface area contributed by atoms with Crippen molar-refractivity contribution < 1.29 is 0 Å². The maximum Gasteiger partial charge on any atom is 0.278 e. The highest BCUT2D eigenvalue weighted by Crippen LogP contribution is 2.03. The molecular formula is C7H9N7. The topological polar surface area (TPSA) is 80.9 Å². The van der Waals surface area contributed by atoms with Crippen molar-refractivity contribution in [1.29, 1.82) is 0 Å². The highest BCUT2D eigenvalue weighted by molar-refractivity contribution is 5.36. The zero-order valence-electron chi connectivity index (χ0n) is 7.67. The zero-order chi connectivity index (χ0) is 9.97. The van der Waals surface area contributed by atoms with E-state index in [1.807, 2.05) is 0 Å². The molecule has 7 heteroatoms. The lowest BCUT2D eigenvalue weighted by molar-refractivity contribution is 0.801. The van der Waals surface area contributed by atoms with Crippen molar-refractivity contribution in [2.75, 3.05) is 11.9 Å². The van der Waals surface area contributed by atoms with Crippen LogP contribution < -0.4 is 5.32 Å². The Bertz CT molecular complexity index is 460. The van der Waals surface area contributed by atoms with Crippen LogP contribution in [0.3, 0.4) is 0 Å². The van der Waals surface area contributed by atoms with Gasteiger partial charge in [-0.2, -0.15) is 9.97 Å². The number of rotatable bonds is 3. The first-order valence-corrected chi connectivity index (χ1v) is 4.09. The summed E-state index contributed by atoms with van der Waals surface area (Å²) in [7, 11) is 0. The minimum Gasteiger partial charge on any atom is -0.351 e. The third-order valence-corrected chi connectivity index (χ3v) is 1.59. The summed E-state index contributed by atoms with van der Waals surface area (Å²) >= 11 is 0. The number of aromatic nitrogens is 6. The number of anilines is 1. The van der Waals surface area contributed by atoms with E-state index < -0.39 is 0 Å². The van der Waals surface area contributed by atoms with E-state index in [0.29, 0.717) is 24.1 Å². The van der Waals surface area contributed by atoms with E-state index in [-0.39, 0.29) is 0 Å². The van der Waals surface area contributed by atoms with Gasteiger partial charge in [0.15, 0.2) is 0 Å². The van der Waals surface area contributed by atoms with Crippen molar-refractivity contribution in [2.45, 2.75) is 6.92 Å². The molecule has 0 saturated heterocycles. The summed E-state index contributed by atoms with van der Waals surface area (Å²) in [6.07, 6.45) is 1.73. The second kappa shape index (κ2) is 3.36. The Morgan fingerprint density at radius 3 is 3.14 bits per heavy atom. The summed E-state index contributed by atoms with van der Waals surface area (Å²) in [5.74, 6) is 1.63. The lowest BCUT2D eigenvalue weighted by Crippen LogP contribution is -2.09. The first-order valence-electron chi connectivity index (χ1n) is 4.09. The molecule has 0 radical (unpaired) electrons. The Labute approximate surface area is 79.9 Å². The van der Waals surface area contributed by atoms with Gasteiger partial charge in [0.05, 0.1) is 0 Å². The van der Waals surface area contributed by atoms with Gasteiger partial charge in [-0.05, 0) is 17.4 Å². The number of hydrogen-bond donors (Lipinski definition) is 1. The quantitative estimate of drug-likeness (QED) is 0.678. The second-order valence-electron chi connectivity index (χ2n) is 2.65. The molecule has 7 nitrogen and oxygen atoms in total. The van der Waals surface area contributed by atoms with Crippen LogP contribution in [0.25, 0.3) is 5.78 Å². The molecule has 0 amide bonds. The molecule has 0 unspecified atom stereocenters. The van der Waals surface area contributed by atoms with Gasteiger partial charge in [-0.15, -0.1) is 11.1 Å². The van der Waals surface area contributed by atoms with Crippen molar-refractivity contribution in [3.63, 3.8) is 0 Å². The largest absolute Gasteiger partial charge is 0.351 e. The predicted octanol–water partition coefficient (Wildman–Crippen LogP) is -0.179. The van der Waals surface area contributed by atoms with E-state index in [0.717, 1.165) is 0 Å². The van der Waals surface area contributed by atoms with Crippen LogP contribution in [0.1, 0.15) is 5.82 Å². The monoisotopic (exact) mass is 191 g/mol. The van der Waals surface area contributed by atoms with Crippen LogP contribution in [-0.2, 0) is 0 Å². The average Bonchev–Trinajstić information content (AvgIpc) is 2.61. The molecule has 0 spiro atoms. The number of fused-ring (bicyclic) bond motifs is 1. The minimum absolute atomic E-state index is 0.434. The Balaban J connectivity index is 2.49. The van der Waals surface area contributed by atoms with Crippen molar-refractivity contribution >= 4 is 11.7 Å². The SMILES string of the molecule is C=CCNc1nc(C)nc2nnnn12. The van der Waals surface area contributed by atoms with Gasteiger partial charge in [0, 0.05) is 6.54 Å². The van der Waals surface area contributed by atoms with Crippen LogP contribution in [-0.4, -0.2) is 36.6 Å². The fourth-order valence-electron chi connectivity index (χ4n) is 1.04. The summed E-state index contributed by atoms with van der Waals surface area (Å²) < 4.78 is 1.44. The van der Waals surface area contributed by atoms with Gasteiger partial charge in [-0.25, -0.2) is 0 Å². The number of aryl methyl sites for hydroxylation is 1. The lowest BCUT2D eigenvalue weighted by atomic mass is 10.6. The minimum atomic E-state index is 0.434. The van der Waals surface area contributed by atoms with E-state index >= 15 is 0 Å². The third-order valence-electron chi connectivity index (χ3n) is 1.59. The standard InChI is InChI=1S/C7H9N7/c1-3-4-8-6-9-5(2)10-7-11-12-13-14(6)7/h3H,1,4H2,2H3,(H,8,9,10,11,13). The molecule has 0 aromatic carbocycles. The molecule has 2 rings (SSSR count). The molecule has 0 aliphatic heterocycles. The van der Waals surface area contributed by atoms with E-state index in [1.165, 1.54) is 4.52 Å². The van der Waals surface area contributed by atoms with Gasteiger partial charge in [0.2, 0.25) is 5.95 Å². The molecule has 2 heterocycles. The number of hydrogen-bond acceptors (Lipinski definition) is 6. The van der Waals surface area contributed by atoms with Crippen molar-refractivity contribution in [3.8, 4) is 0 Å². The first kappa shape index (κ1) is 8.54. The molecule has 0 fully saturated rings. The van der Waals surface area contributed by atoms with Crippen LogP contribution in [0.4, 0.5) is 5.95 Å². The van der Waals surface area contributed by atoms with Gasteiger partial charge in [0.25, 0.3) is 5.78 Å². The van der Waals surface area contributed by atoms with E-state index in [4.69, 9.17) is 0 Å². The van der Waals surface area contributed by atoms with Crippen LogP contribution in [0.15, 0.2) is 12.7 Å². The third kappa shape index (κ3) is 1.39. The molecule has 72 valence electrons. The van der Waals surface area contributed by atoms with Crippen molar-refractivity contribution in [3.05, 3.63) is 18.5 Å². The highest BCUT2D eigenvalue weighted by Gasteiger charge is 2.06. The Kier molecular flexibility index (Phi) is 2.05. The molecule has 2 aromatic heterocycles. The van der Waals surface area contributed by atoms with Gasteiger partial charge >= 0.3 is 0 Å². The molecule has 1 N–H and O–H groups in total. The van der Waals surface area contributed by atoms with E-state index in [1.54, 1.807) is 13.0 Å². The number of nitrogens with zero attached hydrogens (tertiary/aromatic N) is 6. The molecule has 0 aliphatic carbocycles. The first-order chi connectivity index (χ1) is 6.81. The van der Waals surface area contributed by atoms with Crippen LogP contribution >= 0.6 is 0 Å². The molecule has 0 saturated carbocycles. The smallest absolute Gasteiger partial charge is 0.278 e. The maximum absolute atomic E-state index is 4.16. The zero-order valence-corrected chi connectivity index (χ0v) is 7.67. The summed E-state index contributed by atoms with van der Waals surface area (Å²) in [6, 6.07) is 0. The lowest BCUT2D eigenvalue weighted by Gasteiger charge is -2.03. The predicted molar refractivity (Wildman–Crippen MR) is 49.8 cm³/mol. The molecule has 2 aromatic rings. The Morgan fingerprint density at radius 1 is 1.50 bits per heavy atom. The second-order valence-corrected chi connectivity index (χ2v) is 2.65. The van der Waals surface area contributed by atoms with Crippen molar-refractivity contribution in [1.82, 2.24) is 30.0 Å². The van der Waals surface area contributed by atoms with Gasteiger partial charge < -0.3 is 5.32 Å². The number of tetrazole rings is 1. The van der Waals surface area contributed by atoms with Crippen molar-refractivity contribution in [2.24, 2.45) is 0 Å². The number of nitrogens with one attached hydrogen (secondary N) is 1. The van der Waals surface area contributed by atoms with E-state index in [9.17, 15) is 0 Å². The van der Waals surface area contributed by atoms with Gasteiger partial charge in [0.1, 0.15) is 5.82 Å². The molecule has 0 aliphatic rings. The molecule has 0 bridgehead atoms. The molecule has 0 atom stereocenters. The molecular weight excluding hydrogens is 182 g/mol. The summed E-state index contributed by atoms with van der Waals surface area (Å²) in [6.45, 7) is 5.99. The van der Waals surface area contributed by atoms with Crippen LogP contribution in [0.2, 0.25) is 0 Å². The summed E-state index contributed by atoms with van der Waals surface area (Å²) in [4.78, 5) is 8.22. The average molecular weight is 191 g/mol. The van der Waals surface area contributed by atoms with Crippen LogP contribution in [0.5, 0.6) is 0 Å². The van der Waals surface area contributed by atoms with Gasteiger partial charge in [-0.3, -0.25) is 0 Å². The highest BCUT2D eigenvalue weighted by atomic mass is 15.6. The Hall–Kier alpha value is -2.05. The summed E-state index contributed by atoms with van der Waals surface area (Å²) in [5, 5.41) is 14.0. The Morgan fingerprint density at radius 2 is 2.36 bits per heavy atom.